The van der Waals surface area contributed by atoms with Crippen LogP contribution in [-0.4, -0.2) is 41.7 Å². The number of anilines is 1. The number of Topliss-reactive ketones (excluding diaryl/α,β-unsaturated/α-hetero) is 1. The fourth-order valence-corrected chi connectivity index (χ4v) is 4.70. The van der Waals surface area contributed by atoms with E-state index in [2.05, 4.69) is 16.8 Å². The van der Waals surface area contributed by atoms with Crippen molar-refractivity contribution in [2.75, 3.05) is 24.7 Å². The molecule has 1 atom stereocenters. The number of aromatic nitrogens is 2. The van der Waals surface area contributed by atoms with Gasteiger partial charge in [-0.05, 0) is 42.3 Å². The summed E-state index contributed by atoms with van der Waals surface area (Å²) in [6.07, 6.45) is 1.61. The van der Waals surface area contributed by atoms with Crippen molar-refractivity contribution in [3.63, 3.8) is 0 Å². The van der Waals surface area contributed by atoms with Crippen LogP contribution in [0.2, 0.25) is 0 Å². The standard InChI is InChI=1S/C25H21N3O6S/c1-3-9-32-17-6-4-5-15(12-17)21-20(23(30)24(31)28(21)25-27-26-14(2)35-25)22(29)16-7-8-18-19(13-16)34-11-10-33-18/h3-8,12-13,21,29H,1,9-11H2,2H3/p-1. The molecule has 0 bridgehead atoms. The van der Waals surface area contributed by atoms with Gasteiger partial charge in [0.1, 0.15) is 30.6 Å². The number of benzene rings is 2. The van der Waals surface area contributed by atoms with Gasteiger partial charge in [-0.25, -0.2) is 0 Å². The number of hydrogen-bond donors (Lipinski definition) is 0. The maximum absolute atomic E-state index is 13.7. The minimum atomic E-state index is -1.00. The molecule has 2 aliphatic rings. The zero-order valence-corrected chi connectivity index (χ0v) is 19.5. The molecule has 3 heterocycles. The van der Waals surface area contributed by atoms with Crippen LogP contribution in [0.5, 0.6) is 17.2 Å². The van der Waals surface area contributed by atoms with E-state index >= 15 is 0 Å². The summed E-state index contributed by atoms with van der Waals surface area (Å²) in [5.74, 6) is -0.876. The Labute approximate surface area is 204 Å². The van der Waals surface area contributed by atoms with E-state index in [0.29, 0.717) is 41.0 Å². The Bertz CT molecular complexity index is 1360. The van der Waals surface area contributed by atoms with Gasteiger partial charge in [-0.3, -0.25) is 14.5 Å². The molecule has 1 unspecified atom stereocenters. The van der Waals surface area contributed by atoms with Crippen LogP contribution >= 0.6 is 11.3 Å². The van der Waals surface area contributed by atoms with Crippen LogP contribution < -0.4 is 24.2 Å². The van der Waals surface area contributed by atoms with Gasteiger partial charge in [0.05, 0.1) is 6.04 Å². The van der Waals surface area contributed by atoms with Gasteiger partial charge >= 0.3 is 5.91 Å². The maximum atomic E-state index is 13.7. The van der Waals surface area contributed by atoms with Gasteiger partial charge in [0.2, 0.25) is 10.9 Å². The summed E-state index contributed by atoms with van der Waals surface area (Å²) in [6, 6.07) is 10.6. The summed E-state index contributed by atoms with van der Waals surface area (Å²) in [7, 11) is 0. The first-order valence-corrected chi connectivity index (χ1v) is 11.6. The van der Waals surface area contributed by atoms with Gasteiger partial charge in [-0.15, -0.1) is 10.2 Å². The van der Waals surface area contributed by atoms with Crippen LogP contribution in [0.15, 0.2) is 60.7 Å². The number of ether oxygens (including phenoxy) is 3. The summed E-state index contributed by atoms with van der Waals surface area (Å²) in [5, 5.41) is 22.6. The number of nitrogens with zero attached hydrogens (tertiary/aromatic N) is 3. The quantitative estimate of drug-likeness (QED) is 0.224. The van der Waals surface area contributed by atoms with Gasteiger partial charge in [-0.1, -0.05) is 48.0 Å². The van der Waals surface area contributed by atoms with E-state index in [4.69, 9.17) is 14.2 Å². The average Bonchev–Trinajstić information content (AvgIpc) is 3.42. The molecule has 0 N–H and O–H groups in total. The summed E-state index contributed by atoms with van der Waals surface area (Å²) >= 11 is 1.16. The maximum Gasteiger partial charge on any atom is 0.301 e. The number of fused-ring (bicyclic) bond motifs is 1. The van der Waals surface area contributed by atoms with Crippen LogP contribution in [0.1, 0.15) is 22.2 Å². The van der Waals surface area contributed by atoms with Crippen molar-refractivity contribution in [2.24, 2.45) is 0 Å². The Balaban J connectivity index is 1.67. The van der Waals surface area contributed by atoms with Gasteiger partial charge in [0, 0.05) is 5.57 Å². The lowest BCUT2D eigenvalue weighted by atomic mass is 9.95. The number of hydrogen-bond acceptors (Lipinski definition) is 9. The van der Waals surface area contributed by atoms with E-state index in [-0.39, 0.29) is 22.9 Å². The number of carbonyl (C=O) groups excluding carboxylic acids is 2. The van der Waals surface area contributed by atoms with Crippen molar-refractivity contribution in [1.29, 1.82) is 0 Å². The highest BCUT2D eigenvalue weighted by Gasteiger charge is 2.46. The van der Waals surface area contributed by atoms with Crippen LogP contribution in [-0.2, 0) is 9.59 Å². The molecule has 2 aliphatic heterocycles. The second-order valence-electron chi connectivity index (χ2n) is 7.78. The first-order chi connectivity index (χ1) is 17.0. The Kier molecular flexibility index (Phi) is 5.96. The number of carbonyl (C=O) groups is 2. The Morgan fingerprint density at radius 3 is 2.74 bits per heavy atom. The smallest absolute Gasteiger partial charge is 0.301 e. The molecule has 10 heteroatoms. The zero-order chi connectivity index (χ0) is 24.5. The molecule has 35 heavy (non-hydrogen) atoms. The summed E-state index contributed by atoms with van der Waals surface area (Å²) in [6.45, 7) is 6.42. The average molecular weight is 491 g/mol. The fourth-order valence-electron chi connectivity index (χ4n) is 3.99. The number of aryl methyl sites for hydroxylation is 1. The predicted octanol–water partition coefficient (Wildman–Crippen LogP) is 2.61. The highest BCUT2D eigenvalue weighted by atomic mass is 32.1. The van der Waals surface area contributed by atoms with Crippen LogP contribution in [0, 0.1) is 6.92 Å². The molecule has 9 nitrogen and oxygen atoms in total. The SMILES string of the molecule is C=CCOc1cccc(C2C(=C([O-])c3ccc4c(c3)OCCO4)C(=O)C(=O)N2c2nnc(C)s2)c1. The second kappa shape index (κ2) is 9.22. The van der Waals surface area contributed by atoms with E-state index in [1.807, 2.05) is 0 Å². The fraction of sp³-hybridized carbons (Fsp3) is 0.200. The molecule has 178 valence electrons. The van der Waals surface area contributed by atoms with Crippen LogP contribution in [0.3, 0.4) is 0 Å². The third-order valence-corrected chi connectivity index (χ3v) is 6.34. The Hall–Kier alpha value is -4.18. The summed E-state index contributed by atoms with van der Waals surface area (Å²) < 4.78 is 16.8. The van der Waals surface area contributed by atoms with E-state index in [1.165, 1.54) is 11.0 Å². The third kappa shape index (κ3) is 4.12. The normalized spacial score (nSPS) is 18.5. The highest BCUT2D eigenvalue weighted by Crippen LogP contribution is 2.43. The van der Waals surface area contributed by atoms with Gasteiger partial charge < -0.3 is 19.3 Å². The van der Waals surface area contributed by atoms with Crippen molar-refractivity contribution in [1.82, 2.24) is 10.2 Å². The molecule has 2 aromatic carbocycles. The number of ketones is 1. The first kappa shape index (κ1) is 22.6. The van der Waals surface area contributed by atoms with E-state index < -0.39 is 23.5 Å². The number of amides is 1. The molecule has 1 amide bonds. The van der Waals surface area contributed by atoms with Gasteiger partial charge in [0.25, 0.3) is 0 Å². The van der Waals surface area contributed by atoms with E-state index in [1.54, 1.807) is 49.4 Å². The topological polar surface area (TPSA) is 114 Å². The first-order valence-electron chi connectivity index (χ1n) is 10.8. The molecule has 1 saturated heterocycles. The third-order valence-electron chi connectivity index (χ3n) is 5.50. The van der Waals surface area contributed by atoms with Crippen LogP contribution in [0.4, 0.5) is 5.13 Å². The zero-order valence-electron chi connectivity index (χ0n) is 18.7. The van der Waals surface area contributed by atoms with Crippen molar-refractivity contribution in [3.8, 4) is 17.2 Å². The molecule has 0 saturated carbocycles. The minimum absolute atomic E-state index is 0.180. The second-order valence-corrected chi connectivity index (χ2v) is 8.94. The van der Waals surface area contributed by atoms with Crippen molar-refractivity contribution in [2.45, 2.75) is 13.0 Å². The molecule has 0 spiro atoms. The highest BCUT2D eigenvalue weighted by molar-refractivity contribution is 7.15. The molecule has 0 radical (unpaired) electrons. The molecule has 1 aromatic heterocycles. The molecule has 0 aliphatic carbocycles. The largest absolute Gasteiger partial charge is 0.872 e. The van der Waals surface area contributed by atoms with E-state index in [9.17, 15) is 14.7 Å². The lowest BCUT2D eigenvalue weighted by molar-refractivity contribution is -0.245. The monoisotopic (exact) mass is 490 g/mol. The van der Waals surface area contributed by atoms with Crippen molar-refractivity contribution >= 4 is 33.9 Å². The predicted molar refractivity (Wildman–Crippen MR) is 126 cm³/mol. The molecule has 5 rings (SSSR count). The summed E-state index contributed by atoms with van der Waals surface area (Å²) in [5.41, 5.74) is 0.560. The Morgan fingerprint density at radius 2 is 2.00 bits per heavy atom. The van der Waals surface area contributed by atoms with Crippen LogP contribution in [0.25, 0.3) is 5.76 Å². The lowest BCUT2D eigenvalue weighted by Gasteiger charge is -2.26. The number of rotatable bonds is 6. The molecule has 1 fully saturated rings. The summed E-state index contributed by atoms with van der Waals surface area (Å²) in [4.78, 5) is 27.7. The van der Waals surface area contributed by atoms with E-state index in [0.717, 1.165) is 11.3 Å². The van der Waals surface area contributed by atoms with Gasteiger partial charge in [0.15, 0.2) is 11.5 Å². The molecular weight excluding hydrogens is 470 g/mol. The van der Waals surface area contributed by atoms with Crippen molar-refractivity contribution < 1.29 is 28.9 Å². The molecule has 3 aromatic rings. The van der Waals surface area contributed by atoms with Gasteiger partial charge in [-0.2, -0.15) is 0 Å². The minimum Gasteiger partial charge on any atom is -0.872 e. The molecular formula is C25H20N3O6S-. The lowest BCUT2D eigenvalue weighted by Crippen LogP contribution is -2.29. The Morgan fingerprint density at radius 1 is 1.20 bits per heavy atom. The van der Waals surface area contributed by atoms with Crippen molar-refractivity contribution in [3.05, 3.63) is 76.8 Å².